The molecule has 1 N–H and O–H groups in total. The van der Waals surface area contributed by atoms with Gasteiger partial charge in [-0.05, 0) is 32.4 Å². The van der Waals surface area contributed by atoms with E-state index in [9.17, 15) is 9.59 Å². The number of anilines is 1. The summed E-state index contributed by atoms with van der Waals surface area (Å²) in [6, 6.07) is 7.26. The van der Waals surface area contributed by atoms with Gasteiger partial charge in [0.15, 0.2) is 5.13 Å². The fourth-order valence-corrected chi connectivity index (χ4v) is 2.82. The molecule has 0 aliphatic rings. The van der Waals surface area contributed by atoms with Gasteiger partial charge in [0.1, 0.15) is 4.88 Å². The lowest BCUT2D eigenvalue weighted by Crippen LogP contribution is -2.11. The van der Waals surface area contributed by atoms with Gasteiger partial charge in [-0.2, -0.15) is 0 Å². The summed E-state index contributed by atoms with van der Waals surface area (Å²) in [5.41, 5.74) is 2.28. The van der Waals surface area contributed by atoms with Crippen molar-refractivity contribution in [3.63, 3.8) is 0 Å². The minimum absolute atomic E-state index is 0.244. The van der Waals surface area contributed by atoms with Crippen molar-refractivity contribution >= 4 is 28.3 Å². The lowest BCUT2D eigenvalue weighted by Gasteiger charge is -2.01. The Labute approximate surface area is 133 Å². The number of rotatable bonds is 5. The first-order valence-electron chi connectivity index (χ1n) is 7.10. The van der Waals surface area contributed by atoms with Crippen LogP contribution in [0.15, 0.2) is 24.3 Å². The normalized spacial score (nSPS) is 10.3. The van der Waals surface area contributed by atoms with Crippen molar-refractivity contribution in [2.75, 3.05) is 11.9 Å². The molecule has 1 aromatic heterocycles. The van der Waals surface area contributed by atoms with Gasteiger partial charge in [-0.1, -0.05) is 36.0 Å². The first-order chi connectivity index (χ1) is 10.5. The van der Waals surface area contributed by atoms with Crippen molar-refractivity contribution in [2.45, 2.75) is 27.2 Å². The molecule has 1 aromatic carbocycles. The summed E-state index contributed by atoms with van der Waals surface area (Å²) in [6.07, 6.45) is 0.602. The molecule has 22 heavy (non-hydrogen) atoms. The van der Waals surface area contributed by atoms with E-state index in [0.717, 1.165) is 16.9 Å². The molecule has 0 saturated carbocycles. The molecule has 5 nitrogen and oxygen atoms in total. The summed E-state index contributed by atoms with van der Waals surface area (Å²) < 4.78 is 5.01. The molecule has 0 fully saturated rings. The van der Waals surface area contributed by atoms with Gasteiger partial charge in [0.2, 0.25) is 0 Å². The maximum absolute atomic E-state index is 12.2. The number of hydrogen-bond acceptors (Lipinski definition) is 5. The summed E-state index contributed by atoms with van der Waals surface area (Å²) in [6.45, 7) is 5.93. The standard InChI is InChI=1S/C16H18N2O3S/c1-4-12-13(15(20)21-5-2)22-16(17-12)18-14(19)11-8-6-10(3)7-9-11/h6-9H,4-5H2,1-3H3,(H,17,18,19). The quantitative estimate of drug-likeness (QED) is 0.857. The Hall–Kier alpha value is -2.21. The van der Waals surface area contributed by atoms with Crippen LogP contribution in [0.3, 0.4) is 0 Å². The second-order valence-corrected chi connectivity index (χ2v) is 5.69. The Kier molecular flexibility index (Phi) is 5.27. The van der Waals surface area contributed by atoms with Gasteiger partial charge in [0.05, 0.1) is 12.3 Å². The van der Waals surface area contributed by atoms with E-state index in [1.165, 1.54) is 0 Å². The lowest BCUT2D eigenvalue weighted by atomic mass is 10.1. The Balaban J connectivity index is 2.17. The van der Waals surface area contributed by atoms with E-state index in [4.69, 9.17) is 4.74 Å². The van der Waals surface area contributed by atoms with Crippen LogP contribution in [0.4, 0.5) is 5.13 Å². The molecule has 0 saturated heterocycles. The minimum Gasteiger partial charge on any atom is -0.462 e. The van der Waals surface area contributed by atoms with Gasteiger partial charge in [-0.25, -0.2) is 9.78 Å². The maximum atomic E-state index is 12.2. The molecule has 1 amide bonds. The first kappa shape index (κ1) is 16.2. The number of nitrogens with zero attached hydrogens (tertiary/aromatic N) is 1. The number of esters is 1. The molecule has 116 valence electrons. The number of amides is 1. The van der Waals surface area contributed by atoms with E-state index in [1.54, 1.807) is 19.1 Å². The molecule has 0 unspecified atom stereocenters. The number of hydrogen-bond donors (Lipinski definition) is 1. The third-order valence-electron chi connectivity index (χ3n) is 3.03. The summed E-state index contributed by atoms with van der Waals surface area (Å²) in [5, 5.41) is 3.14. The van der Waals surface area contributed by atoms with Gasteiger partial charge in [-0.15, -0.1) is 0 Å². The fraction of sp³-hybridized carbons (Fsp3) is 0.312. The maximum Gasteiger partial charge on any atom is 0.350 e. The molecular formula is C16H18N2O3S. The molecule has 0 atom stereocenters. The number of benzene rings is 1. The molecule has 0 spiro atoms. The number of thiazole rings is 1. The zero-order valence-corrected chi connectivity index (χ0v) is 13.6. The Morgan fingerprint density at radius 3 is 2.50 bits per heavy atom. The number of ether oxygens (including phenoxy) is 1. The molecule has 0 aliphatic carbocycles. The summed E-state index contributed by atoms with van der Waals surface area (Å²) in [5.74, 6) is -0.639. The van der Waals surface area contributed by atoms with Crippen molar-refractivity contribution in [3.05, 3.63) is 46.0 Å². The van der Waals surface area contributed by atoms with Crippen LogP contribution in [0.5, 0.6) is 0 Å². The van der Waals surface area contributed by atoms with Gasteiger partial charge < -0.3 is 4.74 Å². The second kappa shape index (κ2) is 7.17. The van der Waals surface area contributed by atoms with Crippen LogP contribution in [-0.4, -0.2) is 23.5 Å². The molecule has 0 bridgehead atoms. The highest BCUT2D eigenvalue weighted by atomic mass is 32.1. The Morgan fingerprint density at radius 2 is 1.91 bits per heavy atom. The van der Waals surface area contributed by atoms with Crippen molar-refractivity contribution in [1.82, 2.24) is 4.98 Å². The van der Waals surface area contributed by atoms with Crippen molar-refractivity contribution in [3.8, 4) is 0 Å². The molecular weight excluding hydrogens is 300 g/mol. The summed E-state index contributed by atoms with van der Waals surface area (Å²) in [7, 11) is 0. The van der Waals surface area contributed by atoms with Gasteiger partial charge in [0.25, 0.3) is 5.91 Å². The van der Waals surface area contributed by atoms with Gasteiger partial charge in [-0.3, -0.25) is 10.1 Å². The van der Waals surface area contributed by atoms with Gasteiger partial charge in [0, 0.05) is 5.56 Å². The zero-order chi connectivity index (χ0) is 16.1. The van der Waals surface area contributed by atoms with Crippen LogP contribution >= 0.6 is 11.3 Å². The van der Waals surface area contributed by atoms with E-state index < -0.39 is 5.97 Å². The average molecular weight is 318 g/mol. The number of aryl methyl sites for hydroxylation is 2. The van der Waals surface area contributed by atoms with Crippen LogP contribution in [0.2, 0.25) is 0 Å². The zero-order valence-electron chi connectivity index (χ0n) is 12.8. The number of carbonyl (C=O) groups excluding carboxylic acids is 2. The predicted octanol–water partition coefficient (Wildman–Crippen LogP) is 3.44. The van der Waals surface area contributed by atoms with Crippen molar-refractivity contribution < 1.29 is 14.3 Å². The highest BCUT2D eigenvalue weighted by molar-refractivity contribution is 7.17. The molecule has 2 rings (SSSR count). The van der Waals surface area contributed by atoms with E-state index >= 15 is 0 Å². The predicted molar refractivity (Wildman–Crippen MR) is 86.6 cm³/mol. The van der Waals surface area contributed by atoms with Crippen molar-refractivity contribution in [1.29, 1.82) is 0 Å². The molecule has 0 radical (unpaired) electrons. The molecule has 6 heteroatoms. The van der Waals surface area contributed by atoms with Crippen LogP contribution in [0.25, 0.3) is 0 Å². The monoisotopic (exact) mass is 318 g/mol. The highest BCUT2D eigenvalue weighted by Gasteiger charge is 2.19. The topological polar surface area (TPSA) is 68.3 Å². The third kappa shape index (κ3) is 3.71. The molecule has 2 aromatic rings. The number of aromatic nitrogens is 1. The molecule has 0 aliphatic heterocycles. The smallest absolute Gasteiger partial charge is 0.350 e. The van der Waals surface area contributed by atoms with E-state index in [0.29, 0.717) is 34.3 Å². The molecule has 1 heterocycles. The third-order valence-corrected chi connectivity index (χ3v) is 4.02. The fourth-order valence-electron chi connectivity index (χ4n) is 1.88. The van der Waals surface area contributed by atoms with Crippen LogP contribution in [0.1, 0.15) is 45.1 Å². The summed E-state index contributed by atoms with van der Waals surface area (Å²) >= 11 is 1.14. The SMILES string of the molecule is CCOC(=O)c1sc(NC(=O)c2ccc(C)cc2)nc1CC. The Bertz CT molecular complexity index is 677. The first-order valence-corrected chi connectivity index (χ1v) is 7.91. The van der Waals surface area contributed by atoms with E-state index in [2.05, 4.69) is 10.3 Å². The van der Waals surface area contributed by atoms with E-state index in [-0.39, 0.29) is 5.91 Å². The second-order valence-electron chi connectivity index (χ2n) is 4.69. The largest absolute Gasteiger partial charge is 0.462 e. The average Bonchev–Trinajstić information content (AvgIpc) is 2.91. The van der Waals surface area contributed by atoms with Crippen LogP contribution in [-0.2, 0) is 11.2 Å². The lowest BCUT2D eigenvalue weighted by molar-refractivity contribution is 0.0530. The van der Waals surface area contributed by atoms with Crippen molar-refractivity contribution in [2.24, 2.45) is 0 Å². The Morgan fingerprint density at radius 1 is 1.23 bits per heavy atom. The number of nitrogens with one attached hydrogen (secondary N) is 1. The van der Waals surface area contributed by atoms with Gasteiger partial charge >= 0.3 is 5.97 Å². The number of carbonyl (C=O) groups is 2. The van der Waals surface area contributed by atoms with Crippen LogP contribution < -0.4 is 5.32 Å². The van der Waals surface area contributed by atoms with E-state index in [1.807, 2.05) is 26.0 Å². The van der Waals surface area contributed by atoms with Crippen LogP contribution in [0, 0.1) is 6.92 Å². The highest BCUT2D eigenvalue weighted by Crippen LogP contribution is 2.25. The minimum atomic E-state index is -0.396. The summed E-state index contributed by atoms with van der Waals surface area (Å²) in [4.78, 5) is 28.8.